The maximum Gasteiger partial charge on any atom is 0.216 e. The Bertz CT molecular complexity index is 507. The number of sulfonamides is 1. The lowest BCUT2D eigenvalue weighted by molar-refractivity contribution is 0.383. The molecule has 5 heteroatoms. The van der Waals surface area contributed by atoms with Gasteiger partial charge < -0.3 is 5.32 Å². The molecule has 4 nitrogen and oxygen atoms in total. The van der Waals surface area contributed by atoms with Crippen molar-refractivity contribution >= 4 is 10.0 Å². The quantitative estimate of drug-likeness (QED) is 0.723. The molecule has 0 aromatic heterocycles. The second-order valence-electron chi connectivity index (χ2n) is 5.50. The van der Waals surface area contributed by atoms with E-state index < -0.39 is 10.0 Å². The third-order valence-electron chi connectivity index (χ3n) is 3.59. The lowest BCUT2D eigenvalue weighted by atomic mass is 9.94. The predicted octanol–water partition coefficient (Wildman–Crippen LogP) is 2.16. The number of hydrogen-bond donors (Lipinski definition) is 2. The summed E-state index contributed by atoms with van der Waals surface area (Å²) in [5.41, 5.74) is 2.03. The molecule has 1 aromatic rings. The molecule has 1 fully saturated rings. The van der Waals surface area contributed by atoms with Gasteiger partial charge in [-0.1, -0.05) is 37.6 Å². The van der Waals surface area contributed by atoms with Crippen molar-refractivity contribution in [2.24, 2.45) is 0 Å². The molecule has 1 aliphatic carbocycles. The van der Waals surface area contributed by atoms with Crippen LogP contribution in [0.1, 0.15) is 43.7 Å². The Morgan fingerprint density at radius 1 is 1.15 bits per heavy atom. The second kappa shape index (κ2) is 7.20. The Hall–Kier alpha value is -0.910. The minimum atomic E-state index is -3.19. The number of nitrogens with one attached hydrogen (secondary N) is 2. The van der Waals surface area contributed by atoms with E-state index >= 15 is 0 Å². The van der Waals surface area contributed by atoms with Gasteiger partial charge in [-0.2, -0.15) is 0 Å². The molecule has 0 amide bonds. The van der Waals surface area contributed by atoms with Crippen molar-refractivity contribution in [2.45, 2.75) is 50.9 Å². The lowest BCUT2D eigenvalue weighted by Crippen LogP contribution is -2.39. The first-order chi connectivity index (χ1) is 9.59. The molecule has 0 radical (unpaired) electrons. The van der Waals surface area contributed by atoms with Crippen LogP contribution in [0.2, 0.25) is 0 Å². The molecule has 112 valence electrons. The van der Waals surface area contributed by atoms with Gasteiger partial charge in [0.25, 0.3) is 0 Å². The zero-order chi connectivity index (χ0) is 14.4. The lowest BCUT2D eigenvalue weighted by Gasteiger charge is -2.26. The van der Waals surface area contributed by atoms with Gasteiger partial charge in [0.1, 0.15) is 0 Å². The summed E-state index contributed by atoms with van der Waals surface area (Å²) in [6.45, 7) is 3.97. The van der Waals surface area contributed by atoms with E-state index in [0.717, 1.165) is 44.3 Å². The summed E-state index contributed by atoms with van der Waals surface area (Å²) < 4.78 is 26.7. The van der Waals surface area contributed by atoms with Crippen molar-refractivity contribution in [1.29, 1.82) is 0 Å². The molecule has 0 aliphatic heterocycles. The van der Waals surface area contributed by atoms with Gasteiger partial charge in [0.05, 0.1) is 5.75 Å². The Balaban J connectivity index is 1.86. The van der Waals surface area contributed by atoms with Crippen LogP contribution in [0.3, 0.4) is 0 Å². The normalized spacial score (nSPS) is 16.1. The van der Waals surface area contributed by atoms with E-state index in [4.69, 9.17) is 0 Å². The van der Waals surface area contributed by atoms with Crippen LogP contribution in [0.4, 0.5) is 0 Å². The first-order valence-corrected chi connectivity index (χ1v) is 9.03. The van der Waals surface area contributed by atoms with Gasteiger partial charge in [-0.05, 0) is 36.9 Å². The number of rotatable bonds is 8. The molecular formula is C15H24N2O2S. The summed E-state index contributed by atoms with van der Waals surface area (Å²) in [5.74, 6) is 0.0756. The second-order valence-corrected chi connectivity index (χ2v) is 7.25. The molecule has 0 atom stereocenters. The van der Waals surface area contributed by atoms with Gasteiger partial charge in [-0.15, -0.1) is 0 Å². The van der Waals surface area contributed by atoms with Gasteiger partial charge in [0, 0.05) is 12.6 Å². The molecule has 1 aliphatic rings. The first-order valence-electron chi connectivity index (χ1n) is 7.37. The van der Waals surface area contributed by atoms with Crippen molar-refractivity contribution < 1.29 is 8.42 Å². The van der Waals surface area contributed by atoms with Crippen molar-refractivity contribution in [3.8, 4) is 0 Å². The van der Waals surface area contributed by atoms with E-state index in [0.29, 0.717) is 0 Å². The predicted molar refractivity (Wildman–Crippen MR) is 81.8 cm³/mol. The van der Waals surface area contributed by atoms with Crippen molar-refractivity contribution in [3.63, 3.8) is 0 Å². The van der Waals surface area contributed by atoms with Crippen LogP contribution in [0.15, 0.2) is 24.3 Å². The van der Waals surface area contributed by atoms with Crippen LogP contribution in [0.5, 0.6) is 0 Å². The van der Waals surface area contributed by atoms with Crippen molar-refractivity contribution in [2.75, 3.05) is 6.54 Å². The van der Waals surface area contributed by atoms with Crippen molar-refractivity contribution in [3.05, 3.63) is 35.4 Å². The summed E-state index contributed by atoms with van der Waals surface area (Å²) in [4.78, 5) is 0. The third kappa shape index (κ3) is 4.89. The summed E-state index contributed by atoms with van der Waals surface area (Å²) in [5, 5.41) is 3.33. The van der Waals surface area contributed by atoms with Crippen LogP contribution in [-0.2, 0) is 22.3 Å². The van der Waals surface area contributed by atoms with Crippen LogP contribution in [0.25, 0.3) is 0 Å². The average Bonchev–Trinajstić information content (AvgIpc) is 2.36. The summed E-state index contributed by atoms with van der Waals surface area (Å²) in [6.07, 6.45) is 4.19. The van der Waals surface area contributed by atoms with Crippen LogP contribution in [-0.4, -0.2) is 21.0 Å². The molecule has 0 heterocycles. The average molecular weight is 296 g/mol. The van der Waals surface area contributed by atoms with E-state index in [9.17, 15) is 8.42 Å². The highest BCUT2D eigenvalue weighted by Gasteiger charge is 2.23. The molecule has 2 rings (SSSR count). The van der Waals surface area contributed by atoms with Crippen LogP contribution < -0.4 is 10.0 Å². The zero-order valence-corrected chi connectivity index (χ0v) is 12.9. The van der Waals surface area contributed by atoms with E-state index in [-0.39, 0.29) is 11.8 Å². The molecule has 0 saturated heterocycles. The fraction of sp³-hybridized carbons (Fsp3) is 0.600. The maximum atomic E-state index is 12.0. The molecular weight excluding hydrogens is 272 g/mol. The fourth-order valence-corrected chi connectivity index (χ4v) is 3.66. The molecule has 20 heavy (non-hydrogen) atoms. The highest BCUT2D eigenvalue weighted by molar-refractivity contribution is 7.88. The topological polar surface area (TPSA) is 58.2 Å². The number of hydrogen-bond acceptors (Lipinski definition) is 3. The van der Waals surface area contributed by atoms with Gasteiger partial charge in [0.15, 0.2) is 0 Å². The van der Waals surface area contributed by atoms with E-state index in [2.05, 4.69) is 17.0 Å². The Morgan fingerprint density at radius 2 is 1.80 bits per heavy atom. The molecule has 0 spiro atoms. The summed E-state index contributed by atoms with van der Waals surface area (Å²) >= 11 is 0. The Kier molecular flexibility index (Phi) is 5.57. The van der Waals surface area contributed by atoms with Gasteiger partial charge >= 0.3 is 0 Å². The summed E-state index contributed by atoms with van der Waals surface area (Å²) in [7, 11) is -3.19. The van der Waals surface area contributed by atoms with E-state index in [1.165, 1.54) is 5.56 Å². The molecule has 1 saturated carbocycles. The van der Waals surface area contributed by atoms with E-state index in [1.54, 1.807) is 0 Å². The largest absolute Gasteiger partial charge is 0.313 e. The molecule has 1 aromatic carbocycles. The smallest absolute Gasteiger partial charge is 0.216 e. The highest BCUT2D eigenvalue weighted by atomic mass is 32.2. The minimum Gasteiger partial charge on any atom is -0.313 e. The van der Waals surface area contributed by atoms with Gasteiger partial charge in [-0.3, -0.25) is 0 Å². The maximum absolute atomic E-state index is 12.0. The molecule has 0 unspecified atom stereocenters. The van der Waals surface area contributed by atoms with E-state index in [1.807, 2.05) is 24.3 Å². The first kappa shape index (κ1) is 15.5. The standard InChI is InChI=1S/C15H24N2O2S/c1-2-10-16-11-13-6-8-14(9-7-13)12-20(18,19)17-15-4-3-5-15/h6-9,15-17H,2-5,10-12H2,1H3. The fourth-order valence-electron chi connectivity index (χ4n) is 2.20. The minimum absolute atomic E-state index is 0.0756. The summed E-state index contributed by atoms with van der Waals surface area (Å²) in [6, 6.07) is 7.97. The van der Waals surface area contributed by atoms with Crippen LogP contribution >= 0.6 is 0 Å². The Morgan fingerprint density at radius 3 is 2.35 bits per heavy atom. The Labute approximate surface area is 122 Å². The monoisotopic (exact) mass is 296 g/mol. The molecule has 0 bridgehead atoms. The third-order valence-corrected chi connectivity index (χ3v) is 4.99. The SMILES string of the molecule is CCCNCc1ccc(CS(=O)(=O)NC2CCC2)cc1. The van der Waals surface area contributed by atoms with Crippen molar-refractivity contribution in [1.82, 2.24) is 10.0 Å². The zero-order valence-electron chi connectivity index (χ0n) is 12.1. The number of benzene rings is 1. The van der Waals surface area contributed by atoms with Crippen LogP contribution in [0, 0.1) is 0 Å². The van der Waals surface area contributed by atoms with Gasteiger partial charge in [-0.25, -0.2) is 13.1 Å². The molecule has 2 N–H and O–H groups in total. The highest BCUT2D eigenvalue weighted by Crippen LogP contribution is 2.19. The van der Waals surface area contributed by atoms with Gasteiger partial charge in [0.2, 0.25) is 10.0 Å².